The van der Waals surface area contributed by atoms with Crippen molar-refractivity contribution in [3.8, 4) is 0 Å². The van der Waals surface area contributed by atoms with Crippen molar-refractivity contribution in [2.24, 2.45) is 11.8 Å². The van der Waals surface area contributed by atoms with E-state index in [0.29, 0.717) is 38.5 Å². The number of fused-ring (bicyclic) bond motifs is 1. The topological polar surface area (TPSA) is 69.7 Å². The van der Waals surface area contributed by atoms with Crippen LogP contribution in [0.5, 0.6) is 0 Å². The maximum absolute atomic E-state index is 13.3. The van der Waals surface area contributed by atoms with Gasteiger partial charge in [-0.05, 0) is 41.0 Å². The van der Waals surface area contributed by atoms with Gasteiger partial charge in [0.15, 0.2) is 0 Å². The second-order valence-electron chi connectivity index (χ2n) is 10.2. The Hall–Kier alpha value is -2.89. The van der Waals surface area contributed by atoms with E-state index in [4.69, 9.17) is 0 Å². The van der Waals surface area contributed by atoms with E-state index in [1.165, 1.54) is 25.7 Å². The van der Waals surface area contributed by atoms with Gasteiger partial charge in [0.05, 0.1) is 6.42 Å². The molecule has 6 nitrogen and oxygen atoms in total. The maximum atomic E-state index is 13.3. The molecular formula is C28H37N3O3. The molecule has 1 saturated heterocycles. The zero-order chi connectivity index (χ0) is 24.1. The zero-order valence-corrected chi connectivity index (χ0v) is 20.5. The number of carbonyl (C=O) groups excluding carboxylic acids is 3. The number of rotatable bonds is 7. The molecule has 6 heteroatoms. The van der Waals surface area contributed by atoms with E-state index in [-0.39, 0.29) is 30.1 Å². The van der Waals surface area contributed by atoms with E-state index in [0.717, 1.165) is 16.3 Å². The largest absolute Gasteiger partial charge is 0.344 e. The van der Waals surface area contributed by atoms with Gasteiger partial charge in [0.1, 0.15) is 6.04 Å². The summed E-state index contributed by atoms with van der Waals surface area (Å²) in [6.45, 7) is 6.12. The van der Waals surface area contributed by atoms with Crippen LogP contribution in [0.25, 0.3) is 10.8 Å². The Morgan fingerprint density at radius 1 is 0.912 bits per heavy atom. The number of hydrogen-bond donors (Lipinski definition) is 1. The van der Waals surface area contributed by atoms with Gasteiger partial charge in [-0.2, -0.15) is 0 Å². The third-order valence-corrected chi connectivity index (χ3v) is 7.31. The summed E-state index contributed by atoms with van der Waals surface area (Å²) in [5, 5.41) is 5.22. The summed E-state index contributed by atoms with van der Waals surface area (Å²) in [6.07, 6.45) is 5.70. The van der Waals surface area contributed by atoms with Crippen LogP contribution in [0, 0.1) is 11.8 Å². The molecule has 1 aliphatic heterocycles. The molecule has 0 bridgehead atoms. The van der Waals surface area contributed by atoms with E-state index in [1.807, 2.05) is 55.1 Å². The monoisotopic (exact) mass is 463 g/mol. The molecule has 1 saturated carbocycles. The summed E-state index contributed by atoms with van der Waals surface area (Å²) < 4.78 is 0. The first-order valence-corrected chi connectivity index (χ1v) is 12.7. The van der Waals surface area contributed by atoms with Crippen LogP contribution in [-0.2, 0) is 20.8 Å². The molecule has 2 aliphatic rings. The minimum Gasteiger partial charge on any atom is -0.344 e. The maximum Gasteiger partial charge on any atom is 0.245 e. The van der Waals surface area contributed by atoms with Crippen molar-refractivity contribution in [2.75, 3.05) is 26.2 Å². The van der Waals surface area contributed by atoms with Crippen LogP contribution in [-0.4, -0.2) is 59.7 Å². The highest BCUT2D eigenvalue weighted by atomic mass is 16.2. The zero-order valence-electron chi connectivity index (χ0n) is 20.5. The van der Waals surface area contributed by atoms with Crippen molar-refractivity contribution in [1.82, 2.24) is 15.1 Å². The highest BCUT2D eigenvalue weighted by molar-refractivity contribution is 5.90. The van der Waals surface area contributed by atoms with Crippen molar-refractivity contribution >= 4 is 28.5 Å². The minimum absolute atomic E-state index is 0.0184. The lowest BCUT2D eigenvalue weighted by Gasteiger charge is -2.37. The lowest BCUT2D eigenvalue weighted by Crippen LogP contribution is -2.57. The van der Waals surface area contributed by atoms with Gasteiger partial charge >= 0.3 is 0 Å². The van der Waals surface area contributed by atoms with E-state index < -0.39 is 6.04 Å². The predicted molar refractivity (Wildman–Crippen MR) is 134 cm³/mol. The van der Waals surface area contributed by atoms with Crippen molar-refractivity contribution in [3.05, 3.63) is 48.0 Å². The van der Waals surface area contributed by atoms with E-state index in [9.17, 15) is 14.4 Å². The van der Waals surface area contributed by atoms with Crippen molar-refractivity contribution in [2.45, 2.75) is 58.4 Å². The molecule has 0 radical (unpaired) electrons. The summed E-state index contributed by atoms with van der Waals surface area (Å²) in [4.78, 5) is 42.4. The molecule has 0 aromatic heterocycles. The third kappa shape index (κ3) is 5.96. The molecule has 34 heavy (non-hydrogen) atoms. The molecule has 1 N–H and O–H groups in total. The summed E-state index contributed by atoms with van der Waals surface area (Å²) in [7, 11) is 0. The van der Waals surface area contributed by atoms with E-state index in [1.54, 1.807) is 4.90 Å². The molecule has 2 fully saturated rings. The first kappa shape index (κ1) is 24.2. The standard InChI is InChI=1S/C28H37N3O3/c1-20(2)27(29-25(32)18-22-11-12-23-9-5-6-10-24(23)17-22)28(34)31-15-13-30(14-16-31)26(33)19-21-7-3-4-8-21/h5-6,9-12,17,20-21,27H,3-4,7-8,13-16,18-19H2,1-2H3,(H,29,32). The molecule has 1 aliphatic carbocycles. The number of benzene rings is 2. The molecule has 1 atom stereocenters. The van der Waals surface area contributed by atoms with Crippen LogP contribution < -0.4 is 5.32 Å². The fraction of sp³-hybridized carbons (Fsp3) is 0.536. The normalized spacial score (nSPS) is 17.9. The molecule has 4 rings (SSSR count). The summed E-state index contributed by atoms with van der Waals surface area (Å²) in [6, 6.07) is 13.5. The van der Waals surface area contributed by atoms with Crippen LogP contribution in [0.2, 0.25) is 0 Å². The number of amides is 3. The molecule has 2 aromatic carbocycles. The predicted octanol–water partition coefficient (Wildman–Crippen LogP) is 3.77. The van der Waals surface area contributed by atoms with Crippen LogP contribution in [0.3, 0.4) is 0 Å². The highest BCUT2D eigenvalue weighted by Crippen LogP contribution is 2.28. The molecule has 0 spiro atoms. The molecule has 1 heterocycles. The quantitative estimate of drug-likeness (QED) is 0.680. The van der Waals surface area contributed by atoms with Gasteiger partial charge in [0, 0.05) is 32.6 Å². The summed E-state index contributed by atoms with van der Waals surface area (Å²) >= 11 is 0. The second kappa shape index (κ2) is 11.0. The molecule has 3 amide bonds. The van der Waals surface area contributed by atoms with Crippen LogP contribution in [0.15, 0.2) is 42.5 Å². The fourth-order valence-electron chi connectivity index (χ4n) is 5.24. The average molecular weight is 464 g/mol. The summed E-state index contributed by atoms with van der Waals surface area (Å²) in [5.74, 6) is 0.547. The summed E-state index contributed by atoms with van der Waals surface area (Å²) in [5.41, 5.74) is 0.931. The Morgan fingerprint density at radius 2 is 1.56 bits per heavy atom. The highest BCUT2D eigenvalue weighted by Gasteiger charge is 2.32. The van der Waals surface area contributed by atoms with Gasteiger partial charge < -0.3 is 15.1 Å². The lowest BCUT2D eigenvalue weighted by molar-refractivity contribution is -0.143. The first-order chi connectivity index (χ1) is 16.4. The number of nitrogens with one attached hydrogen (secondary N) is 1. The third-order valence-electron chi connectivity index (χ3n) is 7.31. The first-order valence-electron chi connectivity index (χ1n) is 12.7. The lowest BCUT2D eigenvalue weighted by atomic mass is 10.0. The van der Waals surface area contributed by atoms with Gasteiger partial charge in [-0.3, -0.25) is 14.4 Å². The Balaban J connectivity index is 1.30. The smallest absolute Gasteiger partial charge is 0.245 e. The number of carbonyl (C=O) groups is 3. The molecule has 1 unspecified atom stereocenters. The van der Waals surface area contributed by atoms with E-state index >= 15 is 0 Å². The number of piperazine rings is 1. The van der Waals surface area contributed by atoms with Gasteiger partial charge in [-0.1, -0.05) is 69.2 Å². The fourth-order valence-corrected chi connectivity index (χ4v) is 5.24. The number of nitrogens with zero attached hydrogens (tertiary/aromatic N) is 2. The van der Waals surface area contributed by atoms with Gasteiger partial charge in [0.2, 0.25) is 17.7 Å². The van der Waals surface area contributed by atoms with Gasteiger partial charge in [0.25, 0.3) is 0 Å². The molecule has 2 aromatic rings. The molecular weight excluding hydrogens is 426 g/mol. The molecule has 182 valence electrons. The van der Waals surface area contributed by atoms with Crippen LogP contribution >= 0.6 is 0 Å². The Bertz CT molecular complexity index is 1020. The van der Waals surface area contributed by atoms with Crippen LogP contribution in [0.4, 0.5) is 0 Å². The second-order valence-corrected chi connectivity index (χ2v) is 10.2. The Kier molecular flexibility index (Phi) is 7.86. The SMILES string of the molecule is CC(C)C(NC(=O)Cc1ccc2ccccc2c1)C(=O)N1CCN(C(=O)CC2CCCC2)CC1. The Morgan fingerprint density at radius 3 is 2.24 bits per heavy atom. The van der Waals surface area contributed by atoms with Crippen molar-refractivity contribution < 1.29 is 14.4 Å². The Labute approximate surface area is 202 Å². The average Bonchev–Trinajstić information content (AvgIpc) is 3.35. The van der Waals surface area contributed by atoms with Crippen LogP contribution in [0.1, 0.15) is 51.5 Å². The minimum atomic E-state index is -0.561. The van der Waals surface area contributed by atoms with Crippen molar-refractivity contribution in [3.63, 3.8) is 0 Å². The van der Waals surface area contributed by atoms with E-state index in [2.05, 4.69) is 11.4 Å². The van der Waals surface area contributed by atoms with Gasteiger partial charge in [-0.25, -0.2) is 0 Å². The number of hydrogen-bond acceptors (Lipinski definition) is 3. The van der Waals surface area contributed by atoms with Crippen molar-refractivity contribution in [1.29, 1.82) is 0 Å². The van der Waals surface area contributed by atoms with Gasteiger partial charge in [-0.15, -0.1) is 0 Å².